The van der Waals surface area contributed by atoms with Crippen molar-refractivity contribution in [2.24, 2.45) is 0 Å². The quantitative estimate of drug-likeness (QED) is 0.0208. The molecule has 0 heterocycles. The van der Waals surface area contributed by atoms with Gasteiger partial charge in [0.15, 0.2) is 0 Å². The van der Waals surface area contributed by atoms with E-state index >= 15 is 0 Å². The second kappa shape index (κ2) is 36.6. The third-order valence-electron chi connectivity index (χ3n) is 12.2. The highest BCUT2D eigenvalue weighted by molar-refractivity contribution is 7.47. The monoisotopic (exact) mass is 882 g/mol. The van der Waals surface area contributed by atoms with E-state index in [4.69, 9.17) is 9.05 Å². The van der Waals surface area contributed by atoms with Crippen LogP contribution < -0.4 is 5.32 Å². The van der Waals surface area contributed by atoms with Gasteiger partial charge in [0.1, 0.15) is 36.6 Å². The van der Waals surface area contributed by atoms with Gasteiger partial charge in [0.05, 0.1) is 31.3 Å². The first kappa shape index (κ1) is 57.3. The number of nitrogens with one attached hydrogen (secondary N) is 1. The number of hydrogen-bond donors (Lipinski definition) is 9. The standard InChI is InChI=1S/C46H92NO12P/c1-3-5-7-9-11-13-15-16-17-18-19-20-21-22-23-24-26-28-30-32-34-39(49)38(36-58-60(56,57)59-46-44(54)42(52)41(51)43(53)45(46)55)47-40(50)35-37(48)33-31-29-27-25-14-12-10-8-6-4-2/h37-39,41-46,48-49,51-55H,3-36H2,1-2H3,(H,47,50)(H,56,57). The van der Waals surface area contributed by atoms with Crippen LogP contribution in [0.25, 0.3) is 0 Å². The molecule has 13 nitrogen and oxygen atoms in total. The number of carbonyl (C=O) groups excluding carboxylic acids is 1. The lowest BCUT2D eigenvalue weighted by Gasteiger charge is -2.41. The van der Waals surface area contributed by atoms with Crippen molar-refractivity contribution in [3.05, 3.63) is 0 Å². The molecule has 0 spiro atoms. The zero-order valence-electron chi connectivity index (χ0n) is 37.9. The molecular weight excluding hydrogens is 789 g/mol. The number of aliphatic hydroxyl groups is 7. The maximum Gasteiger partial charge on any atom is 0.472 e. The van der Waals surface area contributed by atoms with E-state index in [0.29, 0.717) is 12.8 Å². The Hall–Kier alpha value is -0.700. The smallest absolute Gasteiger partial charge is 0.393 e. The SMILES string of the molecule is CCCCCCCCCCCCCCCCCCCCCCC(O)C(COP(=O)(O)OC1C(O)C(O)C(O)C(O)C1O)NC(=O)CC(O)CCCCCCCCCCCC. The number of amides is 1. The molecule has 14 heteroatoms. The zero-order valence-corrected chi connectivity index (χ0v) is 38.8. The highest BCUT2D eigenvalue weighted by atomic mass is 31.2. The van der Waals surface area contributed by atoms with Crippen LogP contribution in [-0.4, -0.2) is 108 Å². The van der Waals surface area contributed by atoms with Crippen molar-refractivity contribution in [3.8, 4) is 0 Å². The third-order valence-corrected chi connectivity index (χ3v) is 13.2. The van der Waals surface area contributed by atoms with Crippen molar-refractivity contribution < 1.29 is 59.0 Å². The van der Waals surface area contributed by atoms with E-state index in [1.807, 2.05) is 0 Å². The zero-order chi connectivity index (χ0) is 44.4. The van der Waals surface area contributed by atoms with Crippen LogP contribution in [0.15, 0.2) is 0 Å². The molecule has 1 fully saturated rings. The van der Waals surface area contributed by atoms with Crippen molar-refractivity contribution >= 4 is 13.7 Å². The number of hydrogen-bond acceptors (Lipinski definition) is 11. The molecule has 1 saturated carbocycles. The Bertz CT molecular complexity index is 1040. The summed E-state index contributed by atoms with van der Waals surface area (Å²) in [6.07, 6.45) is 23.0. The fourth-order valence-electron chi connectivity index (χ4n) is 8.19. The molecule has 0 saturated heterocycles. The molecule has 1 rings (SSSR count). The van der Waals surface area contributed by atoms with Crippen LogP contribution in [0.1, 0.15) is 226 Å². The molecule has 1 aliphatic carbocycles. The molecule has 9 N–H and O–H groups in total. The number of rotatable bonds is 41. The molecular formula is C46H92NO12P. The van der Waals surface area contributed by atoms with Crippen molar-refractivity contribution in [2.45, 2.75) is 281 Å². The van der Waals surface area contributed by atoms with E-state index < -0.39 is 75.2 Å². The van der Waals surface area contributed by atoms with Gasteiger partial charge in [0.2, 0.25) is 5.91 Å². The first-order chi connectivity index (χ1) is 28.8. The number of unbranched alkanes of at least 4 members (excludes halogenated alkanes) is 28. The topological polar surface area (TPSA) is 226 Å². The Morgan fingerprint density at radius 2 is 0.833 bits per heavy atom. The Kier molecular flexibility index (Phi) is 35.0. The normalized spacial score (nSPS) is 23.3. The second-order valence-corrected chi connectivity index (χ2v) is 19.3. The lowest BCUT2D eigenvalue weighted by molar-refractivity contribution is -0.220. The van der Waals surface area contributed by atoms with E-state index in [-0.39, 0.29) is 12.8 Å². The minimum absolute atomic E-state index is 0.216. The van der Waals surface area contributed by atoms with Gasteiger partial charge in [-0.1, -0.05) is 206 Å². The van der Waals surface area contributed by atoms with Gasteiger partial charge >= 0.3 is 7.82 Å². The number of phosphoric acid groups is 1. The van der Waals surface area contributed by atoms with Crippen LogP contribution in [0, 0.1) is 0 Å². The summed E-state index contributed by atoms with van der Waals surface area (Å²) in [6.45, 7) is 3.79. The Labute approximate surface area is 364 Å². The van der Waals surface area contributed by atoms with Crippen molar-refractivity contribution in [2.75, 3.05) is 6.61 Å². The molecule has 8 unspecified atom stereocenters. The summed E-state index contributed by atoms with van der Waals surface area (Å²) in [6, 6.07) is -1.15. The van der Waals surface area contributed by atoms with Gasteiger partial charge in [-0.3, -0.25) is 13.8 Å². The molecule has 0 aliphatic heterocycles. The lowest BCUT2D eigenvalue weighted by atomic mass is 9.85. The van der Waals surface area contributed by atoms with Gasteiger partial charge in [-0.2, -0.15) is 0 Å². The summed E-state index contributed by atoms with van der Waals surface area (Å²) in [4.78, 5) is 23.4. The van der Waals surface area contributed by atoms with E-state index in [1.54, 1.807) is 0 Å². The highest BCUT2D eigenvalue weighted by Crippen LogP contribution is 2.47. The number of phosphoric ester groups is 1. The second-order valence-electron chi connectivity index (χ2n) is 17.9. The molecule has 0 radical (unpaired) electrons. The number of carbonyl (C=O) groups is 1. The number of aliphatic hydroxyl groups excluding tert-OH is 7. The Balaban J connectivity index is 2.46. The molecule has 1 aliphatic rings. The maximum absolute atomic E-state index is 13.0. The molecule has 1 amide bonds. The average molecular weight is 882 g/mol. The minimum Gasteiger partial charge on any atom is -0.393 e. The van der Waals surface area contributed by atoms with Crippen molar-refractivity contribution in [3.63, 3.8) is 0 Å². The van der Waals surface area contributed by atoms with Crippen LogP contribution in [0.5, 0.6) is 0 Å². The highest BCUT2D eigenvalue weighted by Gasteiger charge is 2.51. The van der Waals surface area contributed by atoms with Crippen LogP contribution in [0.3, 0.4) is 0 Å². The summed E-state index contributed by atoms with van der Waals surface area (Å²) >= 11 is 0. The molecule has 0 aromatic rings. The minimum atomic E-state index is -5.11. The summed E-state index contributed by atoms with van der Waals surface area (Å²) in [5, 5.41) is 74.6. The molecule has 0 bridgehead atoms. The summed E-state index contributed by atoms with van der Waals surface area (Å²) in [5.41, 5.74) is 0. The van der Waals surface area contributed by atoms with Crippen LogP contribution in [0.2, 0.25) is 0 Å². The fraction of sp³-hybridized carbons (Fsp3) is 0.978. The van der Waals surface area contributed by atoms with Gasteiger partial charge in [-0.05, 0) is 12.8 Å². The van der Waals surface area contributed by atoms with E-state index in [2.05, 4.69) is 19.2 Å². The van der Waals surface area contributed by atoms with Crippen LogP contribution in [-0.2, 0) is 18.4 Å². The van der Waals surface area contributed by atoms with Gasteiger partial charge in [0.25, 0.3) is 0 Å². The molecule has 8 atom stereocenters. The Morgan fingerprint density at radius 3 is 1.20 bits per heavy atom. The fourth-order valence-corrected chi connectivity index (χ4v) is 9.16. The van der Waals surface area contributed by atoms with E-state index in [9.17, 15) is 50.0 Å². The maximum atomic E-state index is 13.0. The summed E-state index contributed by atoms with van der Waals surface area (Å²) in [5.74, 6) is -0.558. The largest absolute Gasteiger partial charge is 0.472 e. The van der Waals surface area contributed by atoms with E-state index in [1.165, 1.54) is 135 Å². The summed E-state index contributed by atoms with van der Waals surface area (Å²) < 4.78 is 22.9. The van der Waals surface area contributed by atoms with Gasteiger partial charge in [-0.15, -0.1) is 0 Å². The first-order valence-electron chi connectivity index (χ1n) is 24.6. The molecule has 358 valence electrons. The van der Waals surface area contributed by atoms with Crippen molar-refractivity contribution in [1.29, 1.82) is 0 Å². The predicted molar refractivity (Wildman–Crippen MR) is 238 cm³/mol. The van der Waals surface area contributed by atoms with Crippen LogP contribution >= 0.6 is 7.82 Å². The molecule has 60 heavy (non-hydrogen) atoms. The summed E-state index contributed by atoms with van der Waals surface area (Å²) in [7, 11) is -5.11. The lowest BCUT2D eigenvalue weighted by Crippen LogP contribution is -2.64. The molecule has 0 aromatic carbocycles. The average Bonchev–Trinajstić information content (AvgIpc) is 3.22. The molecule has 0 aromatic heterocycles. The van der Waals surface area contributed by atoms with E-state index in [0.717, 1.165) is 51.4 Å². The van der Waals surface area contributed by atoms with Gasteiger partial charge in [-0.25, -0.2) is 4.57 Å². The van der Waals surface area contributed by atoms with Crippen LogP contribution in [0.4, 0.5) is 0 Å². The van der Waals surface area contributed by atoms with Gasteiger partial charge in [0, 0.05) is 0 Å². The predicted octanol–water partition coefficient (Wildman–Crippen LogP) is 8.43. The van der Waals surface area contributed by atoms with Crippen molar-refractivity contribution in [1.82, 2.24) is 5.32 Å². The third kappa shape index (κ3) is 28.2. The first-order valence-corrected chi connectivity index (χ1v) is 26.1. The van der Waals surface area contributed by atoms with Gasteiger partial charge < -0.3 is 46.0 Å². The Morgan fingerprint density at radius 1 is 0.517 bits per heavy atom.